The van der Waals surface area contributed by atoms with Crippen molar-refractivity contribution >= 4 is 68.0 Å². The summed E-state index contributed by atoms with van der Waals surface area (Å²) in [5.41, 5.74) is 1.27. The van der Waals surface area contributed by atoms with Crippen LogP contribution < -0.4 is 9.62 Å². The number of benzene rings is 2. The second-order valence-electron chi connectivity index (χ2n) is 10.8. The third-order valence-electron chi connectivity index (χ3n) is 7.02. The predicted molar refractivity (Wildman–Crippen MR) is 178 cm³/mol. The predicted octanol–water partition coefficient (Wildman–Crippen LogP) is 8.05. The minimum atomic E-state index is -4.77. The summed E-state index contributed by atoms with van der Waals surface area (Å²) in [6.07, 6.45) is -1.72. The van der Waals surface area contributed by atoms with Gasteiger partial charge in [-0.25, -0.2) is 18.0 Å². The molecule has 0 aliphatic carbocycles. The summed E-state index contributed by atoms with van der Waals surface area (Å²) >= 11 is 13.7. The number of nitrogens with one attached hydrogen (secondary N) is 1. The number of hydrogen-bond donors (Lipinski definition) is 1. The van der Waals surface area contributed by atoms with Gasteiger partial charge in [0.15, 0.2) is 5.82 Å². The SMILES string of the molecule is CNC(Cc1cc(F)cc(F)c1)c1nc(C#CC(C)(C)SC)ccc1-c1ccc(Cl)c2c(N(C(=O)Cl)S(C)=O)nn(CC(F)(F)F)c12. The van der Waals surface area contributed by atoms with Gasteiger partial charge in [-0.3, -0.25) is 9.48 Å². The molecule has 2 aromatic carbocycles. The first kappa shape index (κ1) is 36.6. The van der Waals surface area contributed by atoms with E-state index in [1.165, 1.54) is 36.0 Å². The lowest BCUT2D eigenvalue weighted by atomic mass is 9.94. The highest BCUT2D eigenvalue weighted by Gasteiger charge is 2.34. The minimum absolute atomic E-state index is 0.0332. The van der Waals surface area contributed by atoms with Crippen LogP contribution >= 0.6 is 35.0 Å². The fourth-order valence-electron chi connectivity index (χ4n) is 4.81. The first-order chi connectivity index (χ1) is 21.9. The maximum Gasteiger partial charge on any atom is 0.408 e. The van der Waals surface area contributed by atoms with Crippen LogP contribution in [0.2, 0.25) is 5.02 Å². The van der Waals surface area contributed by atoms with E-state index < -0.39 is 57.3 Å². The van der Waals surface area contributed by atoms with E-state index in [0.717, 1.165) is 12.3 Å². The van der Waals surface area contributed by atoms with Gasteiger partial charge in [-0.1, -0.05) is 23.6 Å². The first-order valence-corrected chi connectivity index (χ1v) is 17.2. The summed E-state index contributed by atoms with van der Waals surface area (Å²) in [4.78, 5) is 17.1. The standard InChI is InChI=1S/C31H28Cl2F5N5O2S2/c1-30(2,46-4)11-10-20-6-7-21(26(40-20)24(39-3)14-17-12-18(34)15-19(35)13-17)22-8-9-23(32)25-27(22)42(16-31(36,37)38)41-28(25)43(29(33)44)47(5)45/h6-9,12-13,15,24,39H,14,16H2,1-5H3. The highest BCUT2D eigenvalue weighted by molar-refractivity contribution is 8.00. The number of alkyl halides is 3. The van der Waals surface area contributed by atoms with Crippen LogP contribution in [0.3, 0.4) is 0 Å². The van der Waals surface area contributed by atoms with Crippen molar-refractivity contribution in [2.24, 2.45) is 0 Å². The lowest BCUT2D eigenvalue weighted by molar-refractivity contribution is -0.141. The molecule has 16 heteroatoms. The van der Waals surface area contributed by atoms with Crippen molar-refractivity contribution in [3.8, 4) is 23.0 Å². The van der Waals surface area contributed by atoms with E-state index in [1.54, 1.807) is 19.2 Å². The zero-order chi connectivity index (χ0) is 34.8. The van der Waals surface area contributed by atoms with Crippen LogP contribution in [0.1, 0.15) is 36.8 Å². The molecule has 4 rings (SSSR count). The molecular weight excluding hydrogens is 704 g/mol. The maximum atomic E-state index is 14.1. The van der Waals surface area contributed by atoms with Crippen LogP contribution in [-0.4, -0.2) is 54.8 Å². The minimum Gasteiger partial charge on any atom is -0.311 e. The number of amides is 1. The normalized spacial score (nSPS) is 13.3. The number of fused-ring (bicyclic) bond motifs is 1. The largest absolute Gasteiger partial charge is 0.408 e. The third kappa shape index (κ3) is 8.63. The van der Waals surface area contributed by atoms with Crippen molar-refractivity contribution in [2.75, 3.05) is 23.9 Å². The van der Waals surface area contributed by atoms with Gasteiger partial charge in [0.05, 0.1) is 32.4 Å². The van der Waals surface area contributed by atoms with E-state index in [9.17, 15) is 31.0 Å². The van der Waals surface area contributed by atoms with E-state index in [1.807, 2.05) is 20.1 Å². The van der Waals surface area contributed by atoms with Crippen molar-refractivity contribution in [2.45, 2.75) is 43.8 Å². The second kappa shape index (κ2) is 14.5. The molecule has 2 aromatic heterocycles. The number of carbonyl (C=O) groups is 1. The van der Waals surface area contributed by atoms with Gasteiger partial charge >= 0.3 is 11.5 Å². The average Bonchev–Trinajstić information content (AvgIpc) is 3.32. The van der Waals surface area contributed by atoms with E-state index >= 15 is 0 Å². The monoisotopic (exact) mass is 731 g/mol. The number of nitrogens with zero attached hydrogens (tertiary/aromatic N) is 4. The summed E-state index contributed by atoms with van der Waals surface area (Å²) in [5.74, 6) is 4.18. The summed E-state index contributed by atoms with van der Waals surface area (Å²) in [7, 11) is -0.526. The topological polar surface area (TPSA) is 80.1 Å². The van der Waals surface area contributed by atoms with Crippen molar-refractivity contribution in [1.29, 1.82) is 0 Å². The summed E-state index contributed by atoms with van der Waals surface area (Å²) in [6.45, 7) is 2.26. The van der Waals surface area contributed by atoms with Gasteiger partial charge < -0.3 is 5.32 Å². The molecule has 1 N–H and O–H groups in total. The Morgan fingerprint density at radius 1 is 1.13 bits per heavy atom. The van der Waals surface area contributed by atoms with Crippen LogP contribution in [-0.2, 0) is 24.0 Å². The number of rotatable bonds is 9. The Bertz CT molecular complexity index is 1890. The zero-order valence-electron chi connectivity index (χ0n) is 25.6. The Morgan fingerprint density at radius 2 is 1.77 bits per heavy atom. The van der Waals surface area contributed by atoms with E-state index in [4.69, 9.17) is 28.2 Å². The van der Waals surface area contributed by atoms with Crippen LogP contribution in [0.4, 0.5) is 32.6 Å². The molecule has 2 atom stereocenters. The number of halogens is 7. The summed E-state index contributed by atoms with van der Waals surface area (Å²) < 4.78 is 83.2. The number of pyridine rings is 1. The highest BCUT2D eigenvalue weighted by Crippen LogP contribution is 2.42. The van der Waals surface area contributed by atoms with Gasteiger partial charge in [0, 0.05) is 23.4 Å². The summed E-state index contributed by atoms with van der Waals surface area (Å²) in [5, 5.41) is 5.68. The van der Waals surface area contributed by atoms with Gasteiger partial charge in [-0.05, 0) is 87.0 Å². The van der Waals surface area contributed by atoms with Crippen molar-refractivity contribution < 1.29 is 31.0 Å². The van der Waals surface area contributed by atoms with Crippen LogP contribution in [0, 0.1) is 23.5 Å². The van der Waals surface area contributed by atoms with E-state index in [0.29, 0.717) is 31.5 Å². The molecule has 47 heavy (non-hydrogen) atoms. The molecule has 4 aromatic rings. The third-order valence-corrected chi connectivity index (χ3v) is 9.58. The van der Waals surface area contributed by atoms with E-state index in [-0.39, 0.29) is 27.9 Å². The molecule has 2 unspecified atom stereocenters. The number of hydrogen-bond acceptors (Lipinski definition) is 6. The molecule has 0 saturated carbocycles. The molecule has 0 spiro atoms. The Labute approximate surface area is 284 Å². The molecule has 1 amide bonds. The number of likely N-dealkylation sites (N-methyl/N-ethyl adjacent to an activating group) is 1. The maximum absolute atomic E-state index is 14.1. The number of carbonyl (C=O) groups excluding carboxylic acids is 1. The van der Waals surface area contributed by atoms with Gasteiger partial charge in [-0.2, -0.15) is 22.6 Å². The Kier molecular flexibility index (Phi) is 11.3. The average molecular weight is 733 g/mol. The molecule has 0 fully saturated rings. The van der Waals surface area contributed by atoms with Crippen LogP contribution in [0.15, 0.2) is 42.5 Å². The van der Waals surface area contributed by atoms with Gasteiger partial charge in [-0.15, -0.1) is 11.8 Å². The van der Waals surface area contributed by atoms with Gasteiger partial charge in [0.1, 0.15) is 34.9 Å². The lowest BCUT2D eigenvalue weighted by Gasteiger charge is -2.21. The summed E-state index contributed by atoms with van der Waals surface area (Å²) in [6, 6.07) is 8.44. The number of aromatic nitrogens is 3. The Hall–Kier alpha value is -3.22. The smallest absolute Gasteiger partial charge is 0.311 e. The van der Waals surface area contributed by atoms with Gasteiger partial charge in [0.25, 0.3) is 0 Å². The zero-order valence-corrected chi connectivity index (χ0v) is 28.7. The molecule has 7 nitrogen and oxygen atoms in total. The lowest BCUT2D eigenvalue weighted by Crippen LogP contribution is -2.28. The van der Waals surface area contributed by atoms with Crippen LogP contribution in [0.5, 0.6) is 0 Å². The highest BCUT2D eigenvalue weighted by atomic mass is 35.5. The Morgan fingerprint density at radius 3 is 2.32 bits per heavy atom. The molecule has 0 bridgehead atoms. The molecule has 0 radical (unpaired) electrons. The Balaban J connectivity index is 2.07. The molecule has 2 heterocycles. The number of anilines is 1. The molecule has 0 saturated heterocycles. The van der Waals surface area contributed by atoms with Gasteiger partial charge in [0.2, 0.25) is 0 Å². The molecule has 0 aliphatic heterocycles. The molecule has 0 aliphatic rings. The van der Waals surface area contributed by atoms with Crippen molar-refractivity contribution in [1.82, 2.24) is 20.1 Å². The molecule has 250 valence electrons. The fourth-order valence-corrected chi connectivity index (χ4v) is 6.15. The second-order valence-corrected chi connectivity index (χ2v) is 14.2. The fraction of sp³-hybridized carbons (Fsp3) is 0.323. The van der Waals surface area contributed by atoms with Crippen molar-refractivity contribution in [3.63, 3.8) is 0 Å². The molecular formula is C31H28Cl2F5N5O2S2. The quantitative estimate of drug-likeness (QED) is 0.0813. The van der Waals surface area contributed by atoms with E-state index in [2.05, 4.69) is 22.3 Å². The first-order valence-electron chi connectivity index (χ1n) is 13.8. The van der Waals surface area contributed by atoms with Crippen LogP contribution in [0.25, 0.3) is 22.0 Å². The van der Waals surface area contributed by atoms with Crippen molar-refractivity contribution in [3.05, 3.63) is 76.1 Å². The number of thioether (sulfide) groups is 1.